The van der Waals surface area contributed by atoms with Crippen LogP contribution < -0.4 is 10.1 Å². The van der Waals surface area contributed by atoms with Crippen LogP contribution in [0.25, 0.3) is 16.5 Å². The highest BCUT2D eigenvalue weighted by atomic mass is 32.2. The maximum atomic E-state index is 12.5. The van der Waals surface area contributed by atoms with E-state index in [1.807, 2.05) is 73.7 Å². The van der Waals surface area contributed by atoms with Gasteiger partial charge in [0.1, 0.15) is 5.75 Å². The van der Waals surface area contributed by atoms with Crippen molar-refractivity contribution >= 4 is 34.1 Å². The first-order chi connectivity index (χ1) is 14.3. The molecule has 0 saturated carbocycles. The first kappa shape index (κ1) is 18.9. The Morgan fingerprint density at radius 3 is 2.76 bits per heavy atom. The summed E-state index contributed by atoms with van der Waals surface area (Å²) < 4.78 is 7.21. The molecule has 29 heavy (non-hydrogen) atoms. The molecule has 7 nitrogen and oxygen atoms in total. The van der Waals surface area contributed by atoms with Gasteiger partial charge in [0, 0.05) is 5.39 Å². The Labute approximate surface area is 172 Å². The topological polar surface area (TPSA) is 81.9 Å². The predicted molar refractivity (Wildman–Crippen MR) is 114 cm³/mol. The third kappa shape index (κ3) is 4.22. The minimum atomic E-state index is -0.158. The van der Waals surface area contributed by atoms with Crippen LogP contribution in [-0.2, 0) is 4.79 Å². The standard InChI is InChI=1S/C21H19N5O2S/c1-2-28-19-13-6-5-11-17(19)22-20(27)14-29-21-23-24-25-26(21)18-12-7-9-15-8-3-4-10-16(15)18/h3-13H,2,14H2,1H3,(H,22,27). The lowest BCUT2D eigenvalue weighted by molar-refractivity contribution is -0.113. The molecule has 0 bridgehead atoms. The average Bonchev–Trinajstić information content (AvgIpc) is 3.22. The summed E-state index contributed by atoms with van der Waals surface area (Å²) >= 11 is 1.28. The number of nitrogens with one attached hydrogen (secondary N) is 1. The number of aromatic nitrogens is 4. The number of fused-ring (bicyclic) bond motifs is 1. The molecule has 0 unspecified atom stereocenters. The van der Waals surface area contributed by atoms with Crippen molar-refractivity contribution in [1.82, 2.24) is 20.2 Å². The van der Waals surface area contributed by atoms with Crippen LogP contribution in [0, 0.1) is 0 Å². The molecule has 0 saturated heterocycles. The highest BCUT2D eigenvalue weighted by Gasteiger charge is 2.14. The minimum absolute atomic E-state index is 0.158. The van der Waals surface area contributed by atoms with Crippen LogP contribution >= 0.6 is 11.8 Å². The summed E-state index contributed by atoms with van der Waals surface area (Å²) in [6, 6.07) is 21.4. The summed E-state index contributed by atoms with van der Waals surface area (Å²) in [6.45, 7) is 2.43. The number of hydrogen-bond acceptors (Lipinski definition) is 6. The van der Waals surface area contributed by atoms with E-state index in [0.29, 0.717) is 23.2 Å². The zero-order valence-corrected chi connectivity index (χ0v) is 16.6. The molecule has 0 atom stereocenters. The monoisotopic (exact) mass is 405 g/mol. The number of para-hydroxylation sites is 2. The van der Waals surface area contributed by atoms with Crippen LogP contribution in [0.15, 0.2) is 71.9 Å². The lowest BCUT2D eigenvalue weighted by Crippen LogP contribution is -2.15. The Balaban J connectivity index is 1.50. The minimum Gasteiger partial charge on any atom is -0.492 e. The molecule has 0 radical (unpaired) electrons. The Morgan fingerprint density at radius 1 is 1.07 bits per heavy atom. The number of benzene rings is 3. The number of anilines is 1. The van der Waals surface area contributed by atoms with Crippen LogP contribution in [-0.4, -0.2) is 38.5 Å². The van der Waals surface area contributed by atoms with Crippen molar-refractivity contribution in [2.45, 2.75) is 12.1 Å². The maximum Gasteiger partial charge on any atom is 0.234 e. The first-order valence-electron chi connectivity index (χ1n) is 9.17. The summed E-state index contributed by atoms with van der Waals surface area (Å²) in [7, 11) is 0. The van der Waals surface area contributed by atoms with Gasteiger partial charge in [0.2, 0.25) is 11.1 Å². The number of hydrogen-bond donors (Lipinski definition) is 1. The fourth-order valence-corrected chi connectivity index (χ4v) is 3.66. The summed E-state index contributed by atoms with van der Waals surface area (Å²) in [5.74, 6) is 0.662. The van der Waals surface area contributed by atoms with E-state index in [2.05, 4.69) is 20.8 Å². The third-order valence-electron chi connectivity index (χ3n) is 4.23. The zero-order chi connectivity index (χ0) is 20.1. The lowest BCUT2D eigenvalue weighted by Gasteiger charge is -2.11. The zero-order valence-electron chi connectivity index (χ0n) is 15.8. The van der Waals surface area contributed by atoms with Crippen molar-refractivity contribution in [3.05, 3.63) is 66.7 Å². The van der Waals surface area contributed by atoms with Gasteiger partial charge in [0.25, 0.3) is 0 Å². The predicted octanol–water partition coefficient (Wildman–Crippen LogP) is 3.95. The quantitative estimate of drug-likeness (QED) is 0.469. The van der Waals surface area contributed by atoms with Gasteiger partial charge in [-0.2, -0.15) is 4.68 Å². The van der Waals surface area contributed by atoms with Gasteiger partial charge in [0.05, 0.1) is 23.7 Å². The normalized spacial score (nSPS) is 10.8. The van der Waals surface area contributed by atoms with E-state index >= 15 is 0 Å². The molecule has 1 N–H and O–H groups in total. The highest BCUT2D eigenvalue weighted by molar-refractivity contribution is 7.99. The van der Waals surface area contributed by atoms with Crippen molar-refractivity contribution in [3.8, 4) is 11.4 Å². The fourth-order valence-electron chi connectivity index (χ4n) is 2.98. The van der Waals surface area contributed by atoms with Gasteiger partial charge in [-0.1, -0.05) is 60.3 Å². The van der Waals surface area contributed by atoms with Gasteiger partial charge in [-0.05, 0) is 40.9 Å². The van der Waals surface area contributed by atoms with E-state index in [4.69, 9.17) is 4.74 Å². The second kappa shape index (κ2) is 8.74. The van der Waals surface area contributed by atoms with Crippen LogP contribution in [0.5, 0.6) is 5.75 Å². The van der Waals surface area contributed by atoms with Gasteiger partial charge < -0.3 is 10.1 Å². The van der Waals surface area contributed by atoms with Crippen LogP contribution in [0.4, 0.5) is 5.69 Å². The largest absolute Gasteiger partial charge is 0.492 e. The number of carbonyl (C=O) groups excluding carboxylic acids is 1. The Hall–Kier alpha value is -3.39. The highest BCUT2D eigenvalue weighted by Crippen LogP contribution is 2.26. The molecule has 0 aliphatic rings. The Morgan fingerprint density at radius 2 is 1.86 bits per heavy atom. The Bertz CT molecular complexity index is 1140. The molecule has 1 aromatic heterocycles. The molecule has 146 valence electrons. The van der Waals surface area contributed by atoms with Gasteiger partial charge in [-0.3, -0.25) is 4.79 Å². The van der Waals surface area contributed by atoms with Crippen molar-refractivity contribution in [2.75, 3.05) is 17.7 Å². The molecule has 0 fully saturated rings. The second-order valence-electron chi connectivity index (χ2n) is 6.14. The summed E-state index contributed by atoms with van der Waals surface area (Å²) in [6.07, 6.45) is 0. The van der Waals surface area contributed by atoms with Crippen molar-refractivity contribution < 1.29 is 9.53 Å². The molecule has 8 heteroatoms. The molecular formula is C21H19N5O2S. The van der Waals surface area contributed by atoms with E-state index in [9.17, 15) is 4.79 Å². The van der Waals surface area contributed by atoms with Crippen molar-refractivity contribution in [1.29, 1.82) is 0 Å². The molecule has 0 spiro atoms. The molecule has 4 rings (SSSR count). The van der Waals surface area contributed by atoms with Crippen molar-refractivity contribution in [2.24, 2.45) is 0 Å². The number of amides is 1. The van der Waals surface area contributed by atoms with E-state index in [0.717, 1.165) is 16.5 Å². The van der Waals surface area contributed by atoms with Gasteiger partial charge >= 0.3 is 0 Å². The summed E-state index contributed by atoms with van der Waals surface area (Å²) in [5.41, 5.74) is 1.52. The fraction of sp³-hybridized carbons (Fsp3) is 0.143. The van der Waals surface area contributed by atoms with Crippen LogP contribution in [0.2, 0.25) is 0 Å². The number of tetrazole rings is 1. The van der Waals surface area contributed by atoms with Crippen LogP contribution in [0.1, 0.15) is 6.92 Å². The third-order valence-corrected chi connectivity index (χ3v) is 5.15. The van der Waals surface area contributed by atoms with E-state index < -0.39 is 0 Å². The number of nitrogens with zero attached hydrogens (tertiary/aromatic N) is 4. The molecule has 1 amide bonds. The number of ether oxygens (including phenoxy) is 1. The number of carbonyl (C=O) groups is 1. The maximum absolute atomic E-state index is 12.5. The second-order valence-corrected chi connectivity index (χ2v) is 7.08. The summed E-state index contributed by atoms with van der Waals surface area (Å²) in [4.78, 5) is 12.5. The first-order valence-corrected chi connectivity index (χ1v) is 10.2. The molecule has 4 aromatic rings. The lowest BCUT2D eigenvalue weighted by atomic mass is 10.1. The van der Waals surface area contributed by atoms with Crippen molar-refractivity contribution in [3.63, 3.8) is 0 Å². The van der Waals surface area contributed by atoms with Gasteiger partial charge in [-0.25, -0.2) is 0 Å². The molecule has 0 aliphatic carbocycles. The molecule has 3 aromatic carbocycles. The molecule has 0 aliphatic heterocycles. The van der Waals surface area contributed by atoms with E-state index in [1.165, 1.54) is 11.8 Å². The molecular weight excluding hydrogens is 386 g/mol. The molecule has 1 heterocycles. The van der Waals surface area contributed by atoms with Crippen LogP contribution in [0.3, 0.4) is 0 Å². The van der Waals surface area contributed by atoms with E-state index in [1.54, 1.807) is 4.68 Å². The number of thioether (sulfide) groups is 1. The SMILES string of the molecule is CCOc1ccccc1NC(=O)CSc1nnnn1-c1cccc2ccccc12. The van der Waals surface area contributed by atoms with Gasteiger partial charge in [0.15, 0.2) is 0 Å². The average molecular weight is 405 g/mol. The number of rotatable bonds is 7. The van der Waals surface area contributed by atoms with E-state index in [-0.39, 0.29) is 11.7 Å². The summed E-state index contributed by atoms with van der Waals surface area (Å²) in [5, 5.41) is 17.6. The van der Waals surface area contributed by atoms with Gasteiger partial charge in [-0.15, -0.1) is 5.10 Å². The Kier molecular flexibility index (Phi) is 5.71. The smallest absolute Gasteiger partial charge is 0.234 e.